The van der Waals surface area contributed by atoms with Crippen LogP contribution in [0.25, 0.3) is 0 Å². The van der Waals surface area contributed by atoms with Crippen molar-refractivity contribution in [2.45, 2.75) is 78.2 Å². The molecule has 7 atom stereocenters. The van der Waals surface area contributed by atoms with E-state index in [4.69, 9.17) is 4.74 Å². The highest BCUT2D eigenvalue weighted by Gasteiger charge is 2.68. The predicted octanol–water partition coefficient (Wildman–Crippen LogP) is 4.58. The van der Waals surface area contributed by atoms with Crippen molar-refractivity contribution in [3.8, 4) is 0 Å². The molecule has 4 rings (SSSR count). The summed E-state index contributed by atoms with van der Waals surface area (Å²) in [5.41, 5.74) is 0.477. The normalized spacial score (nSPS) is 49.9. The predicted molar refractivity (Wildman–Crippen MR) is 98.4 cm³/mol. The molecule has 0 radical (unpaired) electrons. The van der Waals surface area contributed by atoms with Gasteiger partial charge in [-0.2, -0.15) is 0 Å². The Morgan fingerprint density at radius 3 is 2.50 bits per heavy atom. The summed E-state index contributed by atoms with van der Waals surface area (Å²) in [6, 6.07) is 0. The van der Waals surface area contributed by atoms with Crippen molar-refractivity contribution >= 4 is 11.9 Å². The van der Waals surface area contributed by atoms with Gasteiger partial charge in [-0.3, -0.25) is 9.59 Å². The number of carbonyl (C=O) groups excluding carboxylic acids is 1. The van der Waals surface area contributed by atoms with Gasteiger partial charge in [0.1, 0.15) is 6.10 Å². The summed E-state index contributed by atoms with van der Waals surface area (Å²) in [6.07, 6.45) is 7.86. The van der Waals surface area contributed by atoms with E-state index in [1.165, 1.54) is 6.92 Å². The van der Waals surface area contributed by atoms with Crippen LogP contribution in [0.1, 0.15) is 72.1 Å². The molecular formula is C22H32O4. The summed E-state index contributed by atoms with van der Waals surface area (Å²) >= 11 is 0. The lowest BCUT2D eigenvalue weighted by Gasteiger charge is -2.63. The number of rotatable bonds is 2. The number of hydrogen-bond donors (Lipinski definition) is 1. The third-order valence-corrected chi connectivity index (χ3v) is 8.95. The van der Waals surface area contributed by atoms with Gasteiger partial charge in [0, 0.05) is 12.3 Å². The van der Waals surface area contributed by atoms with E-state index >= 15 is 0 Å². The molecule has 2 bridgehead atoms. The topological polar surface area (TPSA) is 63.6 Å². The number of ether oxygens (including phenoxy) is 1. The highest BCUT2D eigenvalue weighted by Crippen LogP contribution is 2.72. The highest BCUT2D eigenvalue weighted by atomic mass is 16.5. The van der Waals surface area contributed by atoms with Crippen LogP contribution in [0.3, 0.4) is 0 Å². The molecular weight excluding hydrogens is 328 g/mol. The minimum absolute atomic E-state index is 0.0115. The summed E-state index contributed by atoms with van der Waals surface area (Å²) in [5, 5.41) is 10.0. The first-order valence-electron chi connectivity index (χ1n) is 10.2. The Morgan fingerprint density at radius 1 is 1.12 bits per heavy atom. The smallest absolute Gasteiger partial charge is 0.309 e. The Balaban J connectivity index is 1.77. The Hall–Kier alpha value is -1.32. The quantitative estimate of drug-likeness (QED) is 0.578. The van der Waals surface area contributed by atoms with Gasteiger partial charge in [0.2, 0.25) is 0 Å². The van der Waals surface area contributed by atoms with Crippen LogP contribution >= 0.6 is 0 Å². The number of aliphatic carboxylic acids is 1. The molecule has 0 aromatic heterocycles. The maximum absolute atomic E-state index is 12.2. The molecule has 4 saturated carbocycles. The van der Waals surface area contributed by atoms with Gasteiger partial charge in [-0.15, -0.1) is 0 Å². The lowest BCUT2D eigenvalue weighted by Crippen LogP contribution is -2.60. The van der Waals surface area contributed by atoms with E-state index in [1.807, 2.05) is 6.92 Å². The molecule has 1 N–H and O–H groups in total. The molecule has 4 heteroatoms. The number of hydrogen-bond acceptors (Lipinski definition) is 3. The number of carboxylic acid groups (broad SMARTS) is 1. The van der Waals surface area contributed by atoms with E-state index in [9.17, 15) is 14.7 Å². The molecule has 26 heavy (non-hydrogen) atoms. The van der Waals surface area contributed by atoms with Crippen molar-refractivity contribution < 1.29 is 19.4 Å². The Morgan fingerprint density at radius 2 is 1.85 bits per heavy atom. The van der Waals surface area contributed by atoms with E-state index < -0.39 is 11.4 Å². The molecule has 0 aliphatic heterocycles. The van der Waals surface area contributed by atoms with E-state index in [0.29, 0.717) is 11.8 Å². The van der Waals surface area contributed by atoms with Crippen molar-refractivity contribution in [3.05, 3.63) is 12.2 Å². The first-order valence-corrected chi connectivity index (χ1v) is 10.2. The van der Waals surface area contributed by atoms with Crippen molar-refractivity contribution in [3.63, 3.8) is 0 Å². The second kappa shape index (κ2) is 5.59. The minimum Gasteiger partial charge on any atom is -0.481 e. The third kappa shape index (κ3) is 2.13. The largest absolute Gasteiger partial charge is 0.481 e. The van der Waals surface area contributed by atoms with Crippen LogP contribution < -0.4 is 0 Å². The molecule has 1 spiro atoms. The molecule has 4 aliphatic carbocycles. The van der Waals surface area contributed by atoms with Crippen LogP contribution in [0.4, 0.5) is 0 Å². The summed E-state index contributed by atoms with van der Waals surface area (Å²) in [7, 11) is 0. The number of carbonyl (C=O) groups is 2. The minimum atomic E-state index is -0.634. The summed E-state index contributed by atoms with van der Waals surface area (Å²) < 4.78 is 5.87. The molecule has 0 unspecified atom stereocenters. The van der Waals surface area contributed by atoms with Gasteiger partial charge in [0.25, 0.3) is 0 Å². The Labute approximate surface area is 156 Å². The van der Waals surface area contributed by atoms with Gasteiger partial charge in [0.05, 0.1) is 5.41 Å². The SMILES string of the molecule is C=C1[C@@H]2CC[C@H]3[C@@]4(C)CCC[C@@](C)(C(=O)O)[C@H]4CC[C@]3(C2)[C@@H]1OC(C)=O. The second-order valence-corrected chi connectivity index (χ2v) is 10.0. The zero-order chi connectivity index (χ0) is 18.9. The summed E-state index contributed by atoms with van der Waals surface area (Å²) in [4.78, 5) is 24.0. The van der Waals surface area contributed by atoms with E-state index in [2.05, 4.69) is 13.5 Å². The lowest BCUT2D eigenvalue weighted by atomic mass is 9.40. The van der Waals surface area contributed by atoms with Crippen LogP contribution in [-0.4, -0.2) is 23.1 Å². The van der Waals surface area contributed by atoms with Crippen LogP contribution in [-0.2, 0) is 14.3 Å². The molecule has 0 amide bonds. The monoisotopic (exact) mass is 360 g/mol. The van der Waals surface area contributed by atoms with Crippen molar-refractivity contribution in [1.29, 1.82) is 0 Å². The van der Waals surface area contributed by atoms with Crippen LogP contribution in [0.15, 0.2) is 12.2 Å². The molecule has 0 aromatic carbocycles. The highest BCUT2D eigenvalue weighted by molar-refractivity contribution is 5.75. The third-order valence-electron chi connectivity index (χ3n) is 8.95. The molecule has 4 fully saturated rings. The van der Waals surface area contributed by atoms with Gasteiger partial charge >= 0.3 is 11.9 Å². The molecule has 0 heterocycles. The Kier molecular flexibility index (Phi) is 3.88. The molecule has 4 aliphatic rings. The molecule has 0 aromatic rings. The fraction of sp³-hybridized carbons (Fsp3) is 0.818. The van der Waals surface area contributed by atoms with Crippen LogP contribution in [0, 0.1) is 34.0 Å². The maximum Gasteiger partial charge on any atom is 0.309 e. The number of fused-ring (bicyclic) bond motifs is 3. The van der Waals surface area contributed by atoms with Gasteiger partial charge in [-0.1, -0.05) is 19.9 Å². The first kappa shape index (κ1) is 18.1. The zero-order valence-electron chi connectivity index (χ0n) is 16.3. The summed E-state index contributed by atoms with van der Waals surface area (Å²) in [6.45, 7) is 10.1. The first-order chi connectivity index (χ1) is 12.1. The van der Waals surface area contributed by atoms with Crippen molar-refractivity contribution in [2.75, 3.05) is 0 Å². The fourth-order valence-electron chi connectivity index (χ4n) is 7.95. The molecule has 0 saturated heterocycles. The molecule has 4 nitrogen and oxygen atoms in total. The lowest BCUT2D eigenvalue weighted by molar-refractivity contribution is -0.195. The Bertz CT molecular complexity index is 669. The standard InChI is InChI=1S/C22H32O4/c1-13-15-6-7-17-20(3)9-5-10-21(4,19(24)25)16(20)8-11-22(17,12-15)18(13)26-14(2)23/h15-18H,1,5-12H2,2-4H3,(H,24,25)/t15-,16+,17+,18-,20+,21-,22-/m1/s1. The average Bonchev–Trinajstić information content (AvgIpc) is 2.75. The van der Waals surface area contributed by atoms with E-state index in [-0.39, 0.29) is 28.8 Å². The fourth-order valence-corrected chi connectivity index (χ4v) is 7.95. The summed E-state index contributed by atoms with van der Waals surface area (Å²) in [5.74, 6) is 0.242. The van der Waals surface area contributed by atoms with Gasteiger partial charge < -0.3 is 9.84 Å². The number of carboxylic acids is 1. The maximum atomic E-state index is 12.2. The van der Waals surface area contributed by atoms with Crippen LogP contribution in [0.2, 0.25) is 0 Å². The average molecular weight is 360 g/mol. The molecule has 144 valence electrons. The van der Waals surface area contributed by atoms with Crippen molar-refractivity contribution in [2.24, 2.45) is 34.0 Å². The van der Waals surface area contributed by atoms with E-state index in [0.717, 1.165) is 56.9 Å². The van der Waals surface area contributed by atoms with Gasteiger partial charge in [-0.25, -0.2) is 0 Å². The van der Waals surface area contributed by atoms with E-state index in [1.54, 1.807) is 0 Å². The van der Waals surface area contributed by atoms with Crippen LogP contribution in [0.5, 0.6) is 0 Å². The zero-order valence-corrected chi connectivity index (χ0v) is 16.3. The van der Waals surface area contributed by atoms with Gasteiger partial charge in [0.15, 0.2) is 0 Å². The number of esters is 1. The van der Waals surface area contributed by atoms with Crippen molar-refractivity contribution in [1.82, 2.24) is 0 Å². The van der Waals surface area contributed by atoms with Gasteiger partial charge in [-0.05, 0) is 80.6 Å². The second-order valence-electron chi connectivity index (χ2n) is 10.0.